The number of halogens is 3. The quantitative estimate of drug-likeness (QED) is 0.854. The van der Waals surface area contributed by atoms with Crippen LogP contribution in [0.25, 0.3) is 12.2 Å². The molecule has 0 atom stereocenters. The first-order valence-corrected chi connectivity index (χ1v) is 6.20. The molecule has 2 rings (SSSR count). The van der Waals surface area contributed by atoms with Crippen molar-refractivity contribution in [2.75, 3.05) is 0 Å². The Morgan fingerprint density at radius 2 is 1.33 bits per heavy atom. The van der Waals surface area contributed by atoms with Crippen molar-refractivity contribution < 1.29 is 23.0 Å². The first kappa shape index (κ1) is 15.1. The van der Waals surface area contributed by atoms with Crippen LogP contribution in [0.1, 0.15) is 16.7 Å². The Morgan fingerprint density at radius 1 is 0.857 bits per heavy atom. The van der Waals surface area contributed by atoms with Gasteiger partial charge in [0.15, 0.2) is 0 Å². The molecule has 0 aliphatic rings. The van der Waals surface area contributed by atoms with Gasteiger partial charge in [0.25, 0.3) is 0 Å². The summed E-state index contributed by atoms with van der Waals surface area (Å²) in [5, 5.41) is 8.93. The van der Waals surface area contributed by atoms with Gasteiger partial charge in [-0.25, -0.2) is 0 Å². The zero-order valence-corrected chi connectivity index (χ0v) is 11.0. The molecule has 0 fully saturated rings. The van der Waals surface area contributed by atoms with Crippen molar-refractivity contribution in [2.45, 2.75) is 13.0 Å². The molecule has 0 aromatic heterocycles. The number of hydrogen-bond acceptors (Lipinski definition) is 2. The Labute approximate surface area is 120 Å². The van der Waals surface area contributed by atoms with Crippen molar-refractivity contribution in [1.82, 2.24) is 0 Å². The van der Waals surface area contributed by atoms with Crippen LogP contribution >= 0.6 is 0 Å². The summed E-state index contributed by atoms with van der Waals surface area (Å²) in [6.07, 6.45) is -1.06. The number of aliphatic hydroxyl groups excluding tert-OH is 1. The van der Waals surface area contributed by atoms with Gasteiger partial charge in [0.1, 0.15) is 5.75 Å². The number of aliphatic hydroxyl groups is 1. The Kier molecular flexibility index (Phi) is 4.65. The van der Waals surface area contributed by atoms with Gasteiger partial charge in [0, 0.05) is 0 Å². The van der Waals surface area contributed by atoms with Gasteiger partial charge in [-0.15, -0.1) is 13.2 Å². The Morgan fingerprint density at radius 3 is 1.76 bits per heavy atom. The molecule has 0 unspecified atom stereocenters. The Hall–Kier alpha value is -2.27. The van der Waals surface area contributed by atoms with Crippen LogP contribution in [0.2, 0.25) is 0 Å². The van der Waals surface area contributed by atoms with E-state index in [1.807, 2.05) is 18.2 Å². The van der Waals surface area contributed by atoms with Crippen molar-refractivity contribution >= 4 is 12.2 Å². The van der Waals surface area contributed by atoms with E-state index in [4.69, 9.17) is 5.11 Å². The topological polar surface area (TPSA) is 29.5 Å². The van der Waals surface area contributed by atoms with Gasteiger partial charge in [0.2, 0.25) is 0 Å². The molecule has 2 nitrogen and oxygen atoms in total. The second-order valence-electron chi connectivity index (χ2n) is 4.35. The van der Waals surface area contributed by atoms with Gasteiger partial charge < -0.3 is 9.84 Å². The van der Waals surface area contributed by atoms with Gasteiger partial charge in [-0.2, -0.15) is 0 Å². The third-order valence-corrected chi connectivity index (χ3v) is 2.74. The monoisotopic (exact) mass is 294 g/mol. The van der Waals surface area contributed by atoms with Gasteiger partial charge >= 0.3 is 6.36 Å². The fraction of sp³-hybridized carbons (Fsp3) is 0.125. The standard InChI is InChI=1S/C16H13F3O2/c17-16(18,19)21-15-9-7-13(8-10-15)2-1-12-3-5-14(11-20)6-4-12/h1-10,20H,11H2. The molecule has 0 saturated heterocycles. The second-order valence-corrected chi connectivity index (χ2v) is 4.35. The zero-order chi connectivity index (χ0) is 15.3. The fourth-order valence-corrected chi connectivity index (χ4v) is 1.71. The molecule has 2 aromatic rings. The largest absolute Gasteiger partial charge is 0.573 e. The maximum Gasteiger partial charge on any atom is 0.573 e. The summed E-state index contributed by atoms with van der Waals surface area (Å²) < 4.78 is 39.9. The molecule has 0 spiro atoms. The molecule has 0 saturated carbocycles. The molecule has 0 aliphatic carbocycles. The third kappa shape index (κ3) is 4.96. The van der Waals surface area contributed by atoms with Gasteiger partial charge in [0.05, 0.1) is 6.61 Å². The third-order valence-electron chi connectivity index (χ3n) is 2.74. The lowest BCUT2D eigenvalue weighted by atomic mass is 10.1. The van der Waals surface area contributed by atoms with Crippen LogP contribution in [0.15, 0.2) is 48.5 Å². The van der Waals surface area contributed by atoms with E-state index in [2.05, 4.69) is 4.74 Å². The Balaban J connectivity index is 2.03. The molecule has 21 heavy (non-hydrogen) atoms. The predicted octanol–water partition coefficient (Wildman–Crippen LogP) is 4.25. The van der Waals surface area contributed by atoms with E-state index in [1.54, 1.807) is 30.3 Å². The minimum absolute atomic E-state index is 0.00926. The number of alkyl halides is 3. The summed E-state index contributed by atoms with van der Waals surface area (Å²) in [4.78, 5) is 0. The summed E-state index contributed by atoms with van der Waals surface area (Å²) in [5.41, 5.74) is 2.51. The van der Waals surface area contributed by atoms with Crippen LogP contribution in [-0.4, -0.2) is 11.5 Å². The van der Waals surface area contributed by atoms with Gasteiger partial charge in [-0.1, -0.05) is 48.6 Å². The molecule has 0 aliphatic heterocycles. The van der Waals surface area contributed by atoms with Crippen LogP contribution in [0, 0.1) is 0 Å². The molecular formula is C16H13F3O2. The zero-order valence-electron chi connectivity index (χ0n) is 11.0. The van der Waals surface area contributed by atoms with Crippen LogP contribution in [0.5, 0.6) is 5.75 Å². The maximum atomic E-state index is 12.0. The number of hydrogen-bond donors (Lipinski definition) is 1. The highest BCUT2D eigenvalue weighted by molar-refractivity contribution is 5.69. The maximum absolute atomic E-state index is 12.0. The van der Waals surface area contributed by atoms with Gasteiger partial charge in [-0.3, -0.25) is 0 Å². The minimum atomic E-state index is -4.67. The van der Waals surface area contributed by atoms with Crippen LogP contribution in [0.4, 0.5) is 13.2 Å². The smallest absolute Gasteiger partial charge is 0.406 e. The Bertz CT molecular complexity index is 599. The second kappa shape index (κ2) is 6.45. The average Bonchev–Trinajstić information content (AvgIpc) is 2.45. The molecule has 0 bridgehead atoms. The highest BCUT2D eigenvalue weighted by atomic mass is 19.4. The average molecular weight is 294 g/mol. The van der Waals surface area contributed by atoms with Crippen molar-refractivity contribution in [2.24, 2.45) is 0 Å². The predicted molar refractivity (Wildman–Crippen MR) is 74.4 cm³/mol. The van der Waals surface area contributed by atoms with E-state index < -0.39 is 6.36 Å². The lowest BCUT2D eigenvalue weighted by molar-refractivity contribution is -0.274. The van der Waals surface area contributed by atoms with Crippen molar-refractivity contribution in [1.29, 1.82) is 0 Å². The molecule has 2 aromatic carbocycles. The van der Waals surface area contributed by atoms with Crippen molar-refractivity contribution in [3.05, 3.63) is 65.2 Å². The summed E-state index contributed by atoms with van der Waals surface area (Å²) in [6.45, 7) is -0.00926. The van der Waals surface area contributed by atoms with Crippen LogP contribution in [0.3, 0.4) is 0 Å². The highest BCUT2D eigenvalue weighted by Gasteiger charge is 2.30. The number of ether oxygens (including phenoxy) is 1. The minimum Gasteiger partial charge on any atom is -0.406 e. The van der Waals surface area contributed by atoms with Gasteiger partial charge in [-0.05, 0) is 28.8 Å². The lowest BCUT2D eigenvalue weighted by Gasteiger charge is -2.08. The van der Waals surface area contributed by atoms with E-state index in [0.717, 1.165) is 16.7 Å². The first-order chi connectivity index (χ1) is 9.96. The molecule has 1 N–H and O–H groups in total. The normalized spacial score (nSPS) is 11.8. The van der Waals surface area contributed by atoms with E-state index >= 15 is 0 Å². The van der Waals surface area contributed by atoms with E-state index in [1.165, 1.54) is 12.1 Å². The molecule has 110 valence electrons. The molecule has 0 radical (unpaired) electrons. The van der Waals surface area contributed by atoms with E-state index in [9.17, 15) is 13.2 Å². The number of rotatable bonds is 4. The lowest BCUT2D eigenvalue weighted by Crippen LogP contribution is -2.16. The first-order valence-electron chi connectivity index (χ1n) is 6.20. The van der Waals surface area contributed by atoms with Crippen molar-refractivity contribution in [3.63, 3.8) is 0 Å². The molecule has 0 heterocycles. The highest BCUT2D eigenvalue weighted by Crippen LogP contribution is 2.23. The number of benzene rings is 2. The molecule has 5 heteroatoms. The summed E-state index contributed by atoms with van der Waals surface area (Å²) in [5.74, 6) is -0.244. The van der Waals surface area contributed by atoms with E-state index in [0.29, 0.717) is 0 Å². The van der Waals surface area contributed by atoms with Crippen LogP contribution < -0.4 is 4.74 Å². The molecule has 0 amide bonds. The summed E-state index contributed by atoms with van der Waals surface area (Å²) in [7, 11) is 0. The molecular weight excluding hydrogens is 281 g/mol. The fourth-order valence-electron chi connectivity index (χ4n) is 1.71. The van der Waals surface area contributed by atoms with Crippen LogP contribution in [-0.2, 0) is 6.61 Å². The SMILES string of the molecule is OCc1ccc(C=Cc2ccc(OC(F)(F)F)cc2)cc1. The summed E-state index contributed by atoms with van der Waals surface area (Å²) >= 11 is 0. The van der Waals surface area contributed by atoms with E-state index in [-0.39, 0.29) is 12.4 Å². The van der Waals surface area contributed by atoms with Crippen molar-refractivity contribution in [3.8, 4) is 5.75 Å². The summed E-state index contributed by atoms with van der Waals surface area (Å²) in [6, 6.07) is 12.9.